The molecule has 3 aromatic rings. The van der Waals surface area contributed by atoms with Gasteiger partial charge in [0.15, 0.2) is 5.82 Å². The van der Waals surface area contributed by atoms with Crippen LogP contribution < -0.4 is 4.90 Å². The van der Waals surface area contributed by atoms with Crippen LogP contribution in [0.4, 0.5) is 5.82 Å². The van der Waals surface area contributed by atoms with Crippen LogP contribution in [0.2, 0.25) is 0 Å². The van der Waals surface area contributed by atoms with Crippen molar-refractivity contribution in [3.8, 4) is 11.4 Å². The van der Waals surface area contributed by atoms with E-state index in [1.807, 2.05) is 17.0 Å². The summed E-state index contributed by atoms with van der Waals surface area (Å²) >= 11 is 0. The number of aromatic nitrogens is 2. The molecule has 4 rings (SSSR count). The van der Waals surface area contributed by atoms with Gasteiger partial charge in [-0.1, -0.05) is 70.5 Å². The van der Waals surface area contributed by atoms with E-state index in [1.54, 1.807) is 0 Å². The monoisotopic (exact) mass is 470 g/mol. The molecule has 1 aliphatic heterocycles. The number of benzene rings is 2. The van der Waals surface area contributed by atoms with Crippen LogP contribution in [-0.2, 0) is 5.41 Å². The first-order valence-electron chi connectivity index (χ1n) is 12.6. The Kier molecular flexibility index (Phi) is 6.98. The number of hydrogen-bond donors (Lipinski definition) is 0. The molecular weight excluding hydrogens is 432 g/mol. The SMILES string of the molecule is Cc1cccc(-c2nc(C)c(C(C)C)c(N3CCN(C(=O)c4ccc(C(C)(C)C)cc4)CC3)n2)c1. The van der Waals surface area contributed by atoms with E-state index < -0.39 is 0 Å². The summed E-state index contributed by atoms with van der Waals surface area (Å²) in [5.74, 6) is 2.19. The Hall–Kier alpha value is -3.21. The molecule has 0 saturated carbocycles. The number of hydrogen-bond acceptors (Lipinski definition) is 4. The lowest BCUT2D eigenvalue weighted by Gasteiger charge is -2.37. The zero-order valence-electron chi connectivity index (χ0n) is 22.2. The summed E-state index contributed by atoms with van der Waals surface area (Å²) in [6.07, 6.45) is 0. The summed E-state index contributed by atoms with van der Waals surface area (Å²) in [5, 5.41) is 0. The van der Waals surface area contributed by atoms with Gasteiger partial charge in [0.05, 0.1) is 0 Å². The lowest BCUT2D eigenvalue weighted by Crippen LogP contribution is -2.49. The molecule has 5 nitrogen and oxygen atoms in total. The molecule has 2 aromatic carbocycles. The highest BCUT2D eigenvalue weighted by molar-refractivity contribution is 5.94. The fourth-order valence-corrected chi connectivity index (χ4v) is 4.81. The van der Waals surface area contributed by atoms with Crippen LogP contribution in [0.1, 0.15) is 73.3 Å². The second kappa shape index (κ2) is 9.80. The summed E-state index contributed by atoms with van der Waals surface area (Å²) in [6.45, 7) is 18.0. The molecule has 0 radical (unpaired) electrons. The highest BCUT2D eigenvalue weighted by atomic mass is 16.2. The van der Waals surface area contributed by atoms with E-state index in [1.165, 1.54) is 16.7 Å². The maximum Gasteiger partial charge on any atom is 0.253 e. The standard InChI is InChI=1S/C30H38N4O/c1-20(2)26-22(4)31-27(24-10-8-9-21(3)19-24)32-28(26)33-15-17-34(18-16-33)29(35)23-11-13-25(14-12-23)30(5,6)7/h8-14,19-20H,15-18H2,1-7H3. The number of carbonyl (C=O) groups is 1. The van der Waals surface area contributed by atoms with Crippen molar-refractivity contribution in [1.82, 2.24) is 14.9 Å². The molecule has 1 aromatic heterocycles. The molecule has 35 heavy (non-hydrogen) atoms. The number of amides is 1. The Morgan fingerprint density at radius 1 is 0.914 bits per heavy atom. The molecule has 5 heteroatoms. The zero-order chi connectivity index (χ0) is 25.3. The van der Waals surface area contributed by atoms with E-state index in [0.29, 0.717) is 19.0 Å². The number of piperazine rings is 1. The number of anilines is 1. The average Bonchev–Trinajstić information content (AvgIpc) is 2.82. The highest BCUT2D eigenvalue weighted by Crippen LogP contribution is 2.32. The lowest BCUT2D eigenvalue weighted by atomic mass is 9.86. The van der Waals surface area contributed by atoms with Gasteiger partial charge in [-0.2, -0.15) is 0 Å². The van der Waals surface area contributed by atoms with Crippen LogP contribution in [0.3, 0.4) is 0 Å². The maximum absolute atomic E-state index is 13.2. The number of carbonyl (C=O) groups excluding carboxylic acids is 1. The molecule has 0 atom stereocenters. The Morgan fingerprint density at radius 2 is 1.57 bits per heavy atom. The number of aryl methyl sites for hydroxylation is 2. The molecule has 1 aliphatic rings. The Labute approximate surface area is 210 Å². The van der Waals surface area contributed by atoms with Crippen LogP contribution in [0.5, 0.6) is 0 Å². The molecule has 0 N–H and O–H groups in total. The van der Waals surface area contributed by atoms with Crippen LogP contribution in [0, 0.1) is 13.8 Å². The maximum atomic E-state index is 13.2. The van der Waals surface area contributed by atoms with E-state index in [-0.39, 0.29) is 11.3 Å². The Morgan fingerprint density at radius 3 is 2.14 bits per heavy atom. The van der Waals surface area contributed by atoms with Gasteiger partial charge in [-0.05, 0) is 48.9 Å². The third-order valence-electron chi connectivity index (χ3n) is 6.83. The summed E-state index contributed by atoms with van der Waals surface area (Å²) < 4.78 is 0. The van der Waals surface area contributed by atoms with Crippen LogP contribution >= 0.6 is 0 Å². The first-order valence-corrected chi connectivity index (χ1v) is 12.6. The van der Waals surface area contributed by atoms with E-state index in [4.69, 9.17) is 9.97 Å². The minimum Gasteiger partial charge on any atom is -0.353 e. The van der Waals surface area contributed by atoms with Gasteiger partial charge < -0.3 is 9.80 Å². The predicted molar refractivity (Wildman–Crippen MR) is 144 cm³/mol. The van der Waals surface area contributed by atoms with Crippen molar-refractivity contribution in [3.05, 3.63) is 76.5 Å². The highest BCUT2D eigenvalue weighted by Gasteiger charge is 2.27. The van der Waals surface area contributed by atoms with Crippen LogP contribution in [0.25, 0.3) is 11.4 Å². The summed E-state index contributed by atoms with van der Waals surface area (Å²) in [5.41, 5.74) is 6.53. The molecule has 0 unspecified atom stereocenters. The largest absolute Gasteiger partial charge is 0.353 e. The van der Waals surface area contributed by atoms with Crippen LogP contribution in [-0.4, -0.2) is 47.0 Å². The van der Waals surface area contributed by atoms with Crippen molar-refractivity contribution in [2.45, 2.75) is 59.8 Å². The second-order valence-electron chi connectivity index (χ2n) is 11.0. The van der Waals surface area contributed by atoms with Crippen molar-refractivity contribution in [3.63, 3.8) is 0 Å². The van der Waals surface area contributed by atoms with Crippen molar-refractivity contribution in [2.24, 2.45) is 0 Å². The number of nitrogens with zero attached hydrogens (tertiary/aromatic N) is 4. The van der Waals surface area contributed by atoms with Crippen molar-refractivity contribution < 1.29 is 4.79 Å². The van der Waals surface area contributed by atoms with Crippen molar-refractivity contribution in [1.29, 1.82) is 0 Å². The second-order valence-corrected chi connectivity index (χ2v) is 11.0. The fourth-order valence-electron chi connectivity index (χ4n) is 4.81. The molecule has 184 valence electrons. The molecule has 1 saturated heterocycles. The number of rotatable bonds is 4. The summed E-state index contributed by atoms with van der Waals surface area (Å²) in [7, 11) is 0. The fraction of sp³-hybridized carbons (Fsp3) is 0.433. The van der Waals surface area contributed by atoms with E-state index in [2.05, 4.69) is 89.8 Å². The van der Waals surface area contributed by atoms with Gasteiger partial charge in [0.1, 0.15) is 5.82 Å². The summed E-state index contributed by atoms with van der Waals surface area (Å²) in [6, 6.07) is 16.4. The first-order chi connectivity index (χ1) is 16.5. The van der Waals surface area contributed by atoms with Gasteiger partial charge >= 0.3 is 0 Å². The van der Waals surface area contributed by atoms with E-state index in [9.17, 15) is 4.79 Å². The minimum atomic E-state index is 0.0777. The zero-order valence-corrected chi connectivity index (χ0v) is 22.2. The first kappa shape index (κ1) is 24.9. The molecule has 0 bridgehead atoms. The van der Waals surface area contributed by atoms with Gasteiger partial charge in [0, 0.05) is 48.6 Å². The van der Waals surface area contributed by atoms with Gasteiger partial charge in [-0.25, -0.2) is 9.97 Å². The summed E-state index contributed by atoms with van der Waals surface area (Å²) in [4.78, 5) is 27.4. The average molecular weight is 471 g/mol. The van der Waals surface area contributed by atoms with Crippen LogP contribution in [0.15, 0.2) is 48.5 Å². The molecule has 0 aliphatic carbocycles. The van der Waals surface area contributed by atoms with Gasteiger partial charge in [0.25, 0.3) is 5.91 Å². The Bertz CT molecular complexity index is 1200. The van der Waals surface area contributed by atoms with Crippen molar-refractivity contribution in [2.75, 3.05) is 31.1 Å². The lowest BCUT2D eigenvalue weighted by molar-refractivity contribution is 0.0746. The third-order valence-corrected chi connectivity index (χ3v) is 6.83. The smallest absolute Gasteiger partial charge is 0.253 e. The minimum absolute atomic E-state index is 0.0777. The van der Waals surface area contributed by atoms with Gasteiger partial charge in [-0.3, -0.25) is 4.79 Å². The normalized spacial score (nSPS) is 14.5. The molecule has 0 spiro atoms. The van der Waals surface area contributed by atoms with Gasteiger partial charge in [0.2, 0.25) is 0 Å². The molecule has 1 amide bonds. The topological polar surface area (TPSA) is 49.3 Å². The van der Waals surface area contributed by atoms with Crippen molar-refractivity contribution >= 4 is 11.7 Å². The van der Waals surface area contributed by atoms with Gasteiger partial charge in [-0.15, -0.1) is 0 Å². The van der Waals surface area contributed by atoms with E-state index >= 15 is 0 Å². The Balaban J connectivity index is 1.55. The third kappa shape index (κ3) is 5.39. The quantitative estimate of drug-likeness (QED) is 0.459. The molecular formula is C30H38N4O. The van der Waals surface area contributed by atoms with E-state index in [0.717, 1.165) is 41.6 Å². The molecule has 1 fully saturated rings. The molecule has 2 heterocycles. The predicted octanol–water partition coefficient (Wildman–Crippen LogP) is 6.14.